The fourth-order valence-corrected chi connectivity index (χ4v) is 13.7. The Labute approximate surface area is 509 Å². The van der Waals surface area contributed by atoms with Gasteiger partial charge in [-0.05, 0) is 140 Å². The number of Topliss-reactive ketones (excluding diaryl/α,β-unsaturated/α-hetero) is 1. The summed E-state index contributed by atoms with van der Waals surface area (Å²) in [7, 11) is -1.18. The van der Waals surface area contributed by atoms with Gasteiger partial charge in [0.25, 0.3) is 5.91 Å². The Morgan fingerprint density at radius 1 is 0.706 bits per heavy atom. The first-order valence-corrected chi connectivity index (χ1v) is 31.8. The Morgan fingerprint density at radius 3 is 2.04 bits per heavy atom. The molecule has 2 aliphatic heterocycles. The Hall–Kier alpha value is -6.89. The van der Waals surface area contributed by atoms with Crippen LogP contribution >= 0.6 is 19.5 Å². The topological polar surface area (TPSA) is 143 Å². The van der Waals surface area contributed by atoms with E-state index in [4.69, 9.17) is 30.8 Å². The highest BCUT2D eigenvalue weighted by molar-refractivity contribution is 7.80. The van der Waals surface area contributed by atoms with Crippen molar-refractivity contribution < 1.29 is 38.3 Å². The number of aliphatic hydroxyl groups is 1. The van der Waals surface area contributed by atoms with Crippen molar-refractivity contribution >= 4 is 75.8 Å². The van der Waals surface area contributed by atoms with E-state index in [9.17, 15) is 19.5 Å². The summed E-state index contributed by atoms with van der Waals surface area (Å²) in [5, 5.41) is 19.4. The largest absolute Gasteiger partial charge is 0.388 e. The number of carbonyl (C=O) groups excluding carboxylic acids is 3. The van der Waals surface area contributed by atoms with Crippen molar-refractivity contribution in [2.75, 3.05) is 70.8 Å². The van der Waals surface area contributed by atoms with Gasteiger partial charge in [0.15, 0.2) is 11.5 Å². The summed E-state index contributed by atoms with van der Waals surface area (Å²) in [6.45, 7) is 18.2. The van der Waals surface area contributed by atoms with Crippen molar-refractivity contribution in [3.63, 3.8) is 0 Å². The van der Waals surface area contributed by atoms with Gasteiger partial charge in [-0.3, -0.25) is 14.4 Å². The number of ketones is 1. The summed E-state index contributed by atoms with van der Waals surface area (Å²) >= 11 is 6.70. The number of unbranched alkanes of at least 4 members (excludes halogenated alkanes) is 1. The van der Waals surface area contributed by atoms with E-state index >= 15 is 0 Å². The molecule has 0 unspecified atom stereocenters. The number of amides is 2. The van der Waals surface area contributed by atoms with E-state index in [1.54, 1.807) is 18.2 Å². The van der Waals surface area contributed by atoms with E-state index in [-0.39, 0.29) is 28.4 Å². The molecule has 14 heteroatoms. The fourth-order valence-electron chi connectivity index (χ4n) is 11.0. The molecule has 85 heavy (non-hydrogen) atoms. The predicted octanol–water partition coefficient (Wildman–Crippen LogP) is 11.8. The molecule has 0 bridgehead atoms. The summed E-state index contributed by atoms with van der Waals surface area (Å²) in [5.74, 6) is 0.338. The highest BCUT2D eigenvalue weighted by Gasteiger charge is 2.43. The summed E-state index contributed by atoms with van der Waals surface area (Å²) in [6.07, 6.45) is 16.3. The number of rotatable bonds is 32. The molecule has 12 nitrogen and oxygen atoms in total. The Morgan fingerprint density at radius 2 is 1.36 bits per heavy atom. The van der Waals surface area contributed by atoms with Crippen molar-refractivity contribution in [3.8, 4) is 0 Å². The number of fused-ring (bicyclic) bond motifs is 2. The van der Waals surface area contributed by atoms with Crippen LogP contribution < -0.4 is 36.0 Å². The molecule has 2 amide bonds. The van der Waals surface area contributed by atoms with Gasteiger partial charge in [-0.1, -0.05) is 161 Å². The minimum atomic E-state index is -1.18. The lowest BCUT2D eigenvalue weighted by Gasteiger charge is -2.26. The van der Waals surface area contributed by atoms with Gasteiger partial charge < -0.3 is 34.9 Å². The van der Waals surface area contributed by atoms with E-state index in [1.165, 1.54) is 16.9 Å². The molecule has 446 valence electrons. The van der Waals surface area contributed by atoms with Crippen molar-refractivity contribution in [2.24, 2.45) is 4.99 Å². The summed E-state index contributed by atoms with van der Waals surface area (Å²) in [5.41, 5.74) is 9.49. The minimum absolute atomic E-state index is 0.00203. The molecule has 0 spiro atoms. The minimum Gasteiger partial charge on any atom is -0.388 e. The maximum atomic E-state index is 13.4. The molecular weight excluding hydrogens is 1100 g/mol. The van der Waals surface area contributed by atoms with Crippen LogP contribution in [0.4, 0.5) is 11.5 Å². The maximum absolute atomic E-state index is 13.4. The number of para-hydroxylation sites is 1. The van der Waals surface area contributed by atoms with Crippen LogP contribution in [0.2, 0.25) is 5.02 Å². The monoisotopic (exact) mass is 1180 g/mol. The quantitative estimate of drug-likeness (QED) is 0.0125. The number of allylic oxidation sites excluding steroid dienone is 6. The standard InChI is InChI=1S/C71H83ClN5O7P/c1-7-9-40-76-50-56(72)49-61-68(76)75-65(70(61,3)4)34-31-53(32-35-66-71(5,6)60-27-16-17-28-62(60)77(66)39-8-2)54-22-18-21-52(47-54)29-36-67(80)73-37-19-41-82-43-45-84-46-44-83-42-20-38-74-69(81)55-30-33-59(63(79)51-78)64(48-55)85(57-23-12-10-13-24-57)58-25-14-11-15-26-58/h10-18,21-28,30-35,47-50,78H,7-9,19-20,29,36-46,51H2,1-6H3,(H-,73,74,80,81)/p+1. The molecule has 6 aromatic rings. The summed E-state index contributed by atoms with van der Waals surface area (Å²) in [4.78, 5) is 47.1. The average molecular weight is 1190 g/mol. The normalized spacial score (nSPS) is 14.7. The highest BCUT2D eigenvalue weighted by atomic mass is 35.5. The molecule has 0 saturated heterocycles. The number of nitrogens with zero attached hydrogens (tertiary/aromatic N) is 3. The number of aliphatic imine (C=N–C) groups is 1. The Kier molecular flexibility index (Phi) is 23.7. The molecule has 3 N–H and O–H groups in total. The van der Waals surface area contributed by atoms with Crippen LogP contribution in [-0.4, -0.2) is 94.3 Å². The third kappa shape index (κ3) is 16.8. The Bertz CT molecular complexity index is 3320. The van der Waals surface area contributed by atoms with Crippen LogP contribution in [0.3, 0.4) is 0 Å². The number of aryl methyl sites for hydroxylation is 2. The lowest BCUT2D eigenvalue weighted by molar-refractivity contribution is -0.684. The number of hydrogen-bond acceptors (Lipinski definition) is 9. The van der Waals surface area contributed by atoms with Gasteiger partial charge in [-0.25, -0.2) is 4.57 Å². The van der Waals surface area contributed by atoms with E-state index in [1.807, 2.05) is 66.9 Å². The second-order valence-electron chi connectivity index (χ2n) is 22.5. The van der Waals surface area contributed by atoms with Crippen molar-refractivity contribution in [3.05, 3.63) is 208 Å². The van der Waals surface area contributed by atoms with Crippen LogP contribution in [0.1, 0.15) is 123 Å². The Balaban J connectivity index is 0.758. The smallest absolute Gasteiger partial charge is 0.327 e. The van der Waals surface area contributed by atoms with Crippen LogP contribution in [0.5, 0.6) is 0 Å². The van der Waals surface area contributed by atoms with Crippen LogP contribution in [0.25, 0.3) is 5.57 Å². The molecular formula is C71H84ClN5O7P+. The summed E-state index contributed by atoms with van der Waals surface area (Å²) < 4.78 is 19.4. The first kappa shape index (κ1) is 64.1. The van der Waals surface area contributed by atoms with Gasteiger partial charge in [-0.15, -0.1) is 0 Å². The second-order valence-corrected chi connectivity index (χ2v) is 25.2. The van der Waals surface area contributed by atoms with Gasteiger partial charge in [0.2, 0.25) is 5.91 Å². The molecule has 2 aliphatic rings. The molecule has 0 atom stereocenters. The molecule has 0 fully saturated rings. The van der Waals surface area contributed by atoms with Crippen molar-refractivity contribution in [2.45, 2.75) is 104 Å². The van der Waals surface area contributed by atoms with Gasteiger partial charge in [0, 0.05) is 67.2 Å². The first-order valence-electron chi connectivity index (χ1n) is 30.1. The van der Waals surface area contributed by atoms with E-state index < -0.39 is 14.5 Å². The van der Waals surface area contributed by atoms with Crippen LogP contribution in [-0.2, 0) is 42.8 Å². The SMILES string of the molecule is CCCC[n+]1cc(Cl)cc2c1N=C(/C=C/C(=C/C=C1\N(CCC)c3ccccc3C1(C)C)c1cccc(CCC(=O)NCCCOCCOCCOCCCNC(=O)c3ccc(C(=O)CO)c(P(c4ccccc4)c4ccccc4)c3)c1)C2(C)C. The van der Waals surface area contributed by atoms with Crippen molar-refractivity contribution in [1.29, 1.82) is 0 Å². The maximum Gasteiger partial charge on any atom is 0.327 e. The lowest BCUT2D eigenvalue weighted by atomic mass is 9.81. The summed E-state index contributed by atoms with van der Waals surface area (Å²) in [6, 6.07) is 44.3. The number of carbonyl (C=O) groups is 3. The highest BCUT2D eigenvalue weighted by Crippen LogP contribution is 2.48. The van der Waals surface area contributed by atoms with E-state index in [0.29, 0.717) is 89.5 Å². The number of nitrogens with one attached hydrogen (secondary N) is 2. The van der Waals surface area contributed by atoms with Crippen LogP contribution in [0.15, 0.2) is 175 Å². The molecule has 0 saturated carbocycles. The average Bonchev–Trinajstić information content (AvgIpc) is 2.88. The van der Waals surface area contributed by atoms with Gasteiger partial charge in [0.1, 0.15) is 12.8 Å². The predicted molar refractivity (Wildman–Crippen MR) is 347 cm³/mol. The fraction of sp³-hybridized carbons (Fsp3) is 0.366. The molecule has 1 aromatic heterocycles. The third-order valence-corrected chi connectivity index (χ3v) is 18.3. The number of aliphatic hydroxyl groups excluding tert-OH is 1. The zero-order valence-electron chi connectivity index (χ0n) is 50.4. The van der Waals surface area contributed by atoms with Gasteiger partial charge in [0.05, 0.1) is 49.0 Å². The number of ether oxygens (including phenoxy) is 3. The third-order valence-electron chi connectivity index (χ3n) is 15.6. The number of benzene rings is 5. The zero-order valence-corrected chi connectivity index (χ0v) is 52.0. The number of hydrogen-bond donors (Lipinski definition) is 3. The van der Waals surface area contributed by atoms with E-state index in [0.717, 1.165) is 87.1 Å². The number of pyridine rings is 1. The number of anilines is 1. The zero-order chi connectivity index (χ0) is 60.2. The second kappa shape index (κ2) is 31.5. The molecule has 0 aliphatic carbocycles. The lowest BCUT2D eigenvalue weighted by Crippen LogP contribution is -2.35. The molecule has 8 rings (SSSR count). The molecule has 3 heterocycles. The van der Waals surface area contributed by atoms with Crippen LogP contribution in [0, 0.1) is 0 Å². The van der Waals surface area contributed by atoms with Gasteiger partial charge >= 0.3 is 5.82 Å². The molecule has 0 radical (unpaired) electrons. The number of aromatic nitrogens is 1. The van der Waals surface area contributed by atoms with E-state index in [2.05, 4.69) is 141 Å². The van der Waals surface area contributed by atoms with Crippen molar-refractivity contribution in [1.82, 2.24) is 10.6 Å². The number of halogens is 1. The first-order chi connectivity index (χ1) is 41.2. The molecule has 5 aromatic carbocycles. The van der Waals surface area contributed by atoms with Gasteiger partial charge in [-0.2, -0.15) is 0 Å².